The summed E-state index contributed by atoms with van der Waals surface area (Å²) in [7, 11) is 0. The molecule has 0 unspecified atom stereocenters. The lowest BCUT2D eigenvalue weighted by Gasteiger charge is -2.43. The summed E-state index contributed by atoms with van der Waals surface area (Å²) in [5.41, 5.74) is 8.88. The highest BCUT2D eigenvalue weighted by Gasteiger charge is 2.42. The molecule has 4 nitrogen and oxygen atoms in total. The van der Waals surface area contributed by atoms with E-state index in [9.17, 15) is 5.26 Å². The molecule has 2 aliphatic rings. The highest BCUT2D eigenvalue weighted by atomic mass is 16.5. The van der Waals surface area contributed by atoms with Crippen LogP contribution in [0.3, 0.4) is 0 Å². The number of fused-ring (bicyclic) bond motifs is 7. The predicted molar refractivity (Wildman–Crippen MR) is 163 cm³/mol. The maximum absolute atomic E-state index is 9.18. The Labute approximate surface area is 238 Å². The lowest BCUT2D eigenvalue weighted by Crippen LogP contribution is -2.33. The molecule has 4 aromatic carbocycles. The van der Waals surface area contributed by atoms with E-state index in [2.05, 4.69) is 78.9 Å². The summed E-state index contributed by atoms with van der Waals surface area (Å²) in [6.45, 7) is 0. The molecule has 1 aliphatic heterocycles. The first kappa shape index (κ1) is 23.8. The number of benzene rings is 4. The molecule has 6 aromatic rings. The molecule has 0 radical (unpaired) electrons. The Morgan fingerprint density at radius 1 is 0.610 bits per heavy atom. The van der Waals surface area contributed by atoms with Crippen LogP contribution in [-0.2, 0) is 5.41 Å². The van der Waals surface area contributed by atoms with Gasteiger partial charge in [0.25, 0.3) is 0 Å². The lowest BCUT2D eigenvalue weighted by molar-refractivity contribution is 0.306. The molecule has 0 bridgehead atoms. The van der Waals surface area contributed by atoms with E-state index < -0.39 is 0 Å². The van der Waals surface area contributed by atoms with Gasteiger partial charge in [-0.15, -0.1) is 0 Å². The average molecular weight is 530 g/mol. The van der Waals surface area contributed by atoms with Gasteiger partial charge in [0.1, 0.15) is 11.5 Å². The van der Waals surface area contributed by atoms with Crippen LogP contribution in [0.5, 0.6) is 11.5 Å². The first-order valence-electron chi connectivity index (χ1n) is 14.4. The minimum Gasteiger partial charge on any atom is -0.457 e. The van der Waals surface area contributed by atoms with E-state index in [1.165, 1.54) is 30.4 Å². The maximum Gasteiger partial charge on any atom is 0.131 e. The molecule has 4 heteroatoms. The van der Waals surface area contributed by atoms with Crippen molar-refractivity contribution in [2.24, 2.45) is 0 Å². The normalized spacial score (nSPS) is 15.2. The summed E-state index contributed by atoms with van der Waals surface area (Å²) in [6, 6.07) is 37.5. The Hall–Kier alpha value is -5.01. The van der Waals surface area contributed by atoms with Gasteiger partial charge in [-0.3, -0.25) is 0 Å². The SMILES string of the molecule is N#Cc1ccc(-c2ccc3ccc4ccc(-c5ccc6c(c5)C5(CCCCC5)c5ccccc5O6)nc4c3n2)cc1. The third-order valence-corrected chi connectivity index (χ3v) is 8.95. The summed E-state index contributed by atoms with van der Waals surface area (Å²) in [6.07, 6.45) is 6.02. The number of nitriles is 1. The van der Waals surface area contributed by atoms with Crippen molar-refractivity contribution < 1.29 is 4.74 Å². The van der Waals surface area contributed by atoms with Gasteiger partial charge in [0, 0.05) is 38.4 Å². The van der Waals surface area contributed by atoms with Crippen molar-refractivity contribution in [3.05, 3.63) is 120 Å². The van der Waals surface area contributed by atoms with E-state index in [1.807, 2.05) is 30.3 Å². The van der Waals surface area contributed by atoms with Crippen LogP contribution in [0, 0.1) is 11.3 Å². The number of nitrogens with zero attached hydrogens (tertiary/aromatic N) is 3. The van der Waals surface area contributed by atoms with Gasteiger partial charge in [-0.1, -0.05) is 73.9 Å². The van der Waals surface area contributed by atoms with Gasteiger partial charge >= 0.3 is 0 Å². The Kier molecular flexibility index (Phi) is 5.40. The Balaban J connectivity index is 1.27. The second-order valence-corrected chi connectivity index (χ2v) is 11.2. The lowest BCUT2D eigenvalue weighted by atomic mass is 9.63. The van der Waals surface area contributed by atoms with Crippen LogP contribution in [0.2, 0.25) is 0 Å². The van der Waals surface area contributed by atoms with Crippen LogP contribution >= 0.6 is 0 Å². The maximum atomic E-state index is 9.18. The fraction of sp³-hybridized carbons (Fsp3) is 0.162. The van der Waals surface area contributed by atoms with Crippen molar-refractivity contribution in [3.8, 4) is 40.1 Å². The van der Waals surface area contributed by atoms with Crippen molar-refractivity contribution in [1.29, 1.82) is 5.26 Å². The zero-order valence-electron chi connectivity index (χ0n) is 22.6. The van der Waals surface area contributed by atoms with E-state index >= 15 is 0 Å². The van der Waals surface area contributed by atoms with Crippen molar-refractivity contribution in [2.75, 3.05) is 0 Å². The summed E-state index contributed by atoms with van der Waals surface area (Å²) in [5, 5.41) is 11.3. The van der Waals surface area contributed by atoms with Gasteiger partial charge in [0.05, 0.1) is 34.1 Å². The topological polar surface area (TPSA) is 58.8 Å². The zero-order chi connectivity index (χ0) is 27.4. The molecule has 0 amide bonds. The summed E-state index contributed by atoms with van der Waals surface area (Å²) >= 11 is 0. The van der Waals surface area contributed by atoms with E-state index in [0.717, 1.165) is 68.7 Å². The molecule has 2 aromatic heterocycles. The monoisotopic (exact) mass is 529 g/mol. The highest BCUT2D eigenvalue weighted by molar-refractivity contribution is 6.04. The van der Waals surface area contributed by atoms with Crippen molar-refractivity contribution >= 4 is 21.8 Å². The quantitative estimate of drug-likeness (QED) is 0.210. The van der Waals surface area contributed by atoms with E-state index in [-0.39, 0.29) is 5.41 Å². The molecule has 1 aliphatic carbocycles. The smallest absolute Gasteiger partial charge is 0.131 e. The number of hydrogen-bond acceptors (Lipinski definition) is 4. The number of aromatic nitrogens is 2. The van der Waals surface area contributed by atoms with Crippen LogP contribution in [-0.4, -0.2) is 9.97 Å². The molecule has 0 saturated heterocycles. The van der Waals surface area contributed by atoms with Gasteiger partial charge in [-0.25, -0.2) is 9.97 Å². The van der Waals surface area contributed by atoms with Crippen LogP contribution in [0.4, 0.5) is 0 Å². The van der Waals surface area contributed by atoms with Crippen LogP contribution in [0.25, 0.3) is 44.3 Å². The minimum absolute atomic E-state index is 0.0144. The van der Waals surface area contributed by atoms with Gasteiger partial charge < -0.3 is 4.74 Å². The average Bonchev–Trinajstić information content (AvgIpc) is 3.05. The van der Waals surface area contributed by atoms with Crippen LogP contribution < -0.4 is 4.74 Å². The Bertz CT molecular complexity index is 2010. The van der Waals surface area contributed by atoms with Crippen LogP contribution in [0.1, 0.15) is 48.8 Å². The molecular formula is C37H27N3O. The van der Waals surface area contributed by atoms with Crippen LogP contribution in [0.15, 0.2) is 103 Å². The molecule has 3 heterocycles. The van der Waals surface area contributed by atoms with Gasteiger partial charge in [-0.05, 0) is 61.4 Å². The molecular weight excluding hydrogens is 502 g/mol. The fourth-order valence-corrected chi connectivity index (χ4v) is 6.87. The first-order valence-corrected chi connectivity index (χ1v) is 14.4. The van der Waals surface area contributed by atoms with Crippen molar-refractivity contribution in [2.45, 2.75) is 37.5 Å². The molecule has 41 heavy (non-hydrogen) atoms. The fourth-order valence-electron chi connectivity index (χ4n) is 6.87. The molecule has 1 fully saturated rings. The second-order valence-electron chi connectivity index (χ2n) is 11.2. The number of hydrogen-bond donors (Lipinski definition) is 0. The zero-order valence-corrected chi connectivity index (χ0v) is 22.6. The summed E-state index contributed by atoms with van der Waals surface area (Å²) < 4.78 is 6.45. The van der Waals surface area contributed by atoms with E-state index in [1.54, 1.807) is 0 Å². The molecule has 0 N–H and O–H groups in total. The highest BCUT2D eigenvalue weighted by Crippen LogP contribution is 2.55. The van der Waals surface area contributed by atoms with Gasteiger partial charge in [-0.2, -0.15) is 5.26 Å². The Morgan fingerprint density at radius 2 is 1.22 bits per heavy atom. The number of ether oxygens (including phenoxy) is 1. The molecule has 1 saturated carbocycles. The molecule has 0 atom stereocenters. The molecule has 196 valence electrons. The van der Waals surface area contributed by atoms with Crippen molar-refractivity contribution in [1.82, 2.24) is 9.97 Å². The third-order valence-electron chi connectivity index (χ3n) is 8.95. The number of para-hydroxylation sites is 1. The van der Waals surface area contributed by atoms with E-state index in [4.69, 9.17) is 14.7 Å². The second kappa shape index (κ2) is 9.28. The summed E-state index contributed by atoms with van der Waals surface area (Å²) in [5.74, 6) is 1.96. The minimum atomic E-state index is -0.0144. The largest absolute Gasteiger partial charge is 0.457 e. The van der Waals surface area contributed by atoms with Crippen molar-refractivity contribution in [3.63, 3.8) is 0 Å². The summed E-state index contributed by atoms with van der Waals surface area (Å²) in [4.78, 5) is 10.3. The van der Waals surface area contributed by atoms with Gasteiger partial charge in [0.15, 0.2) is 0 Å². The molecule has 1 spiro atoms. The number of pyridine rings is 2. The predicted octanol–water partition coefficient (Wildman–Crippen LogP) is 9.34. The Morgan fingerprint density at radius 3 is 1.93 bits per heavy atom. The van der Waals surface area contributed by atoms with Gasteiger partial charge in [0.2, 0.25) is 0 Å². The standard InChI is InChI=1S/C37H27N3O/c38-23-24-8-10-25(11-9-24)31-17-14-26-12-13-27-15-18-32(40-36(27)35(26)39-31)28-16-19-34-30(22-28)37(20-4-1-5-21-37)29-6-2-3-7-33(29)41-34/h2-3,6-19,22H,1,4-5,20-21H2. The molecule has 8 rings (SSSR count). The first-order chi connectivity index (χ1) is 20.2. The van der Waals surface area contributed by atoms with E-state index in [0.29, 0.717) is 5.56 Å². The third kappa shape index (κ3) is 3.81. The number of rotatable bonds is 2.